The van der Waals surface area contributed by atoms with Crippen LogP contribution in [-0.4, -0.2) is 54.3 Å². The normalized spacial score (nSPS) is 31.5. The van der Waals surface area contributed by atoms with E-state index in [9.17, 15) is 20.1 Å². The van der Waals surface area contributed by atoms with Crippen LogP contribution in [0.5, 0.6) is 0 Å². The van der Waals surface area contributed by atoms with E-state index in [-0.39, 0.29) is 11.2 Å². The number of H-pyrrole nitrogens is 1. The largest absolute Gasteiger partial charge is 0.394 e. The van der Waals surface area contributed by atoms with Crippen LogP contribution in [0.15, 0.2) is 17.1 Å². The number of nitrogens with zero attached hydrogens (tertiary/aromatic N) is 2. The number of aryl methyl sites for hydroxylation is 1. The van der Waals surface area contributed by atoms with Crippen molar-refractivity contribution in [3.05, 3.63) is 28.4 Å². The molecule has 1 aliphatic rings. The molecule has 1 aliphatic heterocycles. The second-order valence-corrected chi connectivity index (χ2v) is 5.24. The molecule has 0 saturated carbocycles. The molecular formula is C14H15N3O5. The SMILES string of the molecule is C#CC1(O)[C@@H](O)[C@@H](CO)O[C@H]1n1ccc2c(=O)[nH]c(C)nc21. The van der Waals surface area contributed by atoms with Crippen molar-refractivity contribution in [2.24, 2.45) is 0 Å². The van der Waals surface area contributed by atoms with Crippen LogP contribution in [-0.2, 0) is 4.74 Å². The van der Waals surface area contributed by atoms with E-state index in [1.165, 1.54) is 16.8 Å². The summed E-state index contributed by atoms with van der Waals surface area (Å²) in [6, 6.07) is 1.51. The first-order valence-corrected chi connectivity index (χ1v) is 6.64. The van der Waals surface area contributed by atoms with Gasteiger partial charge in [0.25, 0.3) is 5.56 Å². The van der Waals surface area contributed by atoms with E-state index in [1.54, 1.807) is 6.92 Å². The fourth-order valence-corrected chi connectivity index (χ4v) is 2.69. The lowest BCUT2D eigenvalue weighted by atomic mass is 9.95. The summed E-state index contributed by atoms with van der Waals surface area (Å²) in [6.45, 7) is 1.11. The molecule has 0 radical (unpaired) electrons. The van der Waals surface area contributed by atoms with Crippen molar-refractivity contribution < 1.29 is 20.1 Å². The molecule has 22 heavy (non-hydrogen) atoms. The number of nitrogens with one attached hydrogen (secondary N) is 1. The van der Waals surface area contributed by atoms with Gasteiger partial charge in [-0.25, -0.2) is 4.98 Å². The van der Waals surface area contributed by atoms with E-state index in [1.807, 2.05) is 0 Å². The summed E-state index contributed by atoms with van der Waals surface area (Å²) >= 11 is 0. The number of hydrogen-bond donors (Lipinski definition) is 4. The monoisotopic (exact) mass is 305 g/mol. The summed E-state index contributed by atoms with van der Waals surface area (Å²) in [6.07, 6.45) is 3.17. The van der Waals surface area contributed by atoms with Crippen molar-refractivity contribution in [3.63, 3.8) is 0 Å². The molecule has 0 amide bonds. The fourth-order valence-electron chi connectivity index (χ4n) is 2.69. The average molecular weight is 305 g/mol. The number of aromatic amines is 1. The summed E-state index contributed by atoms with van der Waals surface area (Å²) in [5.74, 6) is 2.51. The lowest BCUT2D eigenvalue weighted by Crippen LogP contribution is -2.45. The van der Waals surface area contributed by atoms with Crippen molar-refractivity contribution in [2.45, 2.75) is 31.0 Å². The van der Waals surface area contributed by atoms with Gasteiger partial charge in [-0.15, -0.1) is 6.42 Å². The topological polar surface area (TPSA) is 121 Å². The Morgan fingerprint density at radius 2 is 2.36 bits per heavy atom. The lowest BCUT2D eigenvalue weighted by Gasteiger charge is -2.26. The number of aliphatic hydroxyl groups is 3. The summed E-state index contributed by atoms with van der Waals surface area (Å²) in [4.78, 5) is 18.7. The van der Waals surface area contributed by atoms with Crippen molar-refractivity contribution in [3.8, 4) is 12.3 Å². The molecule has 116 valence electrons. The first-order chi connectivity index (χ1) is 10.4. The molecule has 3 heterocycles. The first-order valence-electron chi connectivity index (χ1n) is 6.64. The minimum absolute atomic E-state index is 0.269. The van der Waals surface area contributed by atoms with Crippen LogP contribution in [0.3, 0.4) is 0 Å². The van der Waals surface area contributed by atoms with Crippen molar-refractivity contribution in [1.82, 2.24) is 14.5 Å². The van der Waals surface area contributed by atoms with Gasteiger partial charge in [0.1, 0.15) is 23.7 Å². The van der Waals surface area contributed by atoms with Gasteiger partial charge < -0.3 is 29.6 Å². The summed E-state index contributed by atoms with van der Waals surface area (Å²) in [7, 11) is 0. The Labute approximate surface area is 125 Å². The van der Waals surface area contributed by atoms with E-state index in [0.29, 0.717) is 11.2 Å². The van der Waals surface area contributed by atoms with Gasteiger partial charge in [0.2, 0.25) is 0 Å². The van der Waals surface area contributed by atoms with E-state index >= 15 is 0 Å². The van der Waals surface area contributed by atoms with Crippen LogP contribution >= 0.6 is 0 Å². The maximum atomic E-state index is 11.9. The molecule has 1 saturated heterocycles. The van der Waals surface area contributed by atoms with E-state index in [2.05, 4.69) is 15.9 Å². The molecule has 2 aromatic rings. The number of hydrogen-bond acceptors (Lipinski definition) is 6. The van der Waals surface area contributed by atoms with E-state index in [4.69, 9.17) is 11.2 Å². The number of fused-ring (bicyclic) bond motifs is 1. The summed E-state index contributed by atoms with van der Waals surface area (Å²) < 4.78 is 6.87. The molecule has 2 aromatic heterocycles. The van der Waals surface area contributed by atoms with Gasteiger partial charge in [-0.05, 0) is 13.0 Å². The van der Waals surface area contributed by atoms with Crippen molar-refractivity contribution in [1.29, 1.82) is 0 Å². The molecule has 8 heteroatoms. The molecule has 4 atom stereocenters. The highest BCUT2D eigenvalue weighted by Gasteiger charge is 2.55. The Morgan fingerprint density at radius 1 is 1.64 bits per heavy atom. The fraction of sp³-hybridized carbons (Fsp3) is 0.429. The Morgan fingerprint density at radius 3 is 3.00 bits per heavy atom. The smallest absolute Gasteiger partial charge is 0.260 e. The highest BCUT2D eigenvalue weighted by molar-refractivity contribution is 5.75. The van der Waals surface area contributed by atoms with Gasteiger partial charge in [0, 0.05) is 6.20 Å². The molecule has 0 aliphatic carbocycles. The third-order valence-electron chi connectivity index (χ3n) is 3.85. The van der Waals surface area contributed by atoms with Gasteiger partial charge in [0.05, 0.1) is 12.0 Å². The Bertz CT molecular complexity index is 820. The zero-order valence-electron chi connectivity index (χ0n) is 11.7. The van der Waals surface area contributed by atoms with Crippen LogP contribution in [0, 0.1) is 19.3 Å². The molecule has 0 bridgehead atoms. The van der Waals surface area contributed by atoms with Gasteiger partial charge in [0.15, 0.2) is 11.8 Å². The van der Waals surface area contributed by atoms with Gasteiger partial charge in [-0.3, -0.25) is 4.79 Å². The lowest BCUT2D eigenvalue weighted by molar-refractivity contribution is -0.0718. The number of aliphatic hydroxyl groups excluding tert-OH is 2. The third kappa shape index (κ3) is 1.88. The number of terminal acetylenes is 1. The molecule has 8 nitrogen and oxygen atoms in total. The van der Waals surface area contributed by atoms with E-state index < -0.39 is 30.6 Å². The van der Waals surface area contributed by atoms with Crippen LogP contribution in [0.1, 0.15) is 12.1 Å². The minimum Gasteiger partial charge on any atom is -0.394 e. The highest BCUT2D eigenvalue weighted by Crippen LogP contribution is 2.39. The van der Waals surface area contributed by atoms with Crippen molar-refractivity contribution >= 4 is 11.0 Å². The third-order valence-corrected chi connectivity index (χ3v) is 3.85. The standard InChI is InChI=1S/C14H15N3O5/c1-3-14(21)10(19)9(6-18)22-13(14)17-5-4-8-11(17)15-7(2)16-12(8)20/h1,4-5,9-10,13,18-19,21H,6H2,2H3,(H,15,16,20)/t9-,10+,13-,14?/m1/s1. The Kier molecular flexibility index (Phi) is 3.30. The second kappa shape index (κ2) is 4.93. The summed E-state index contributed by atoms with van der Waals surface area (Å²) in [5.41, 5.74) is -2.11. The first kappa shape index (κ1) is 14.7. The van der Waals surface area contributed by atoms with Gasteiger partial charge in [-0.2, -0.15) is 0 Å². The van der Waals surface area contributed by atoms with Crippen LogP contribution in [0.4, 0.5) is 0 Å². The maximum Gasteiger partial charge on any atom is 0.260 e. The van der Waals surface area contributed by atoms with Gasteiger partial charge >= 0.3 is 0 Å². The zero-order valence-corrected chi connectivity index (χ0v) is 11.7. The maximum absolute atomic E-state index is 11.9. The molecule has 0 aromatic carbocycles. The summed E-state index contributed by atoms with van der Waals surface area (Å²) in [5, 5.41) is 30.2. The predicted molar refractivity (Wildman–Crippen MR) is 75.9 cm³/mol. The quantitative estimate of drug-likeness (QED) is 0.509. The Balaban J connectivity index is 2.19. The molecule has 4 N–H and O–H groups in total. The minimum atomic E-state index is -2.04. The zero-order chi connectivity index (χ0) is 16.1. The highest BCUT2D eigenvalue weighted by atomic mass is 16.6. The molecule has 3 rings (SSSR count). The van der Waals surface area contributed by atoms with Crippen LogP contribution in [0.25, 0.3) is 11.0 Å². The average Bonchev–Trinajstić information content (AvgIpc) is 3.00. The van der Waals surface area contributed by atoms with Crippen molar-refractivity contribution in [2.75, 3.05) is 6.61 Å². The van der Waals surface area contributed by atoms with Gasteiger partial charge in [-0.1, -0.05) is 5.92 Å². The Hall–Kier alpha value is -2.18. The number of ether oxygens (including phenoxy) is 1. The molecule has 0 spiro atoms. The van der Waals surface area contributed by atoms with Crippen LogP contribution < -0.4 is 5.56 Å². The predicted octanol–water partition coefficient (Wildman–Crippen LogP) is -1.35. The molecule has 1 unspecified atom stereocenters. The molecule has 1 fully saturated rings. The van der Waals surface area contributed by atoms with Crippen LogP contribution in [0.2, 0.25) is 0 Å². The molecular weight excluding hydrogens is 290 g/mol. The van der Waals surface area contributed by atoms with E-state index in [0.717, 1.165) is 0 Å². The second-order valence-electron chi connectivity index (χ2n) is 5.24. The number of aromatic nitrogens is 3. The number of rotatable bonds is 2.